The van der Waals surface area contributed by atoms with E-state index in [0.29, 0.717) is 37.6 Å². The number of nitrogens with zero attached hydrogens (tertiary/aromatic N) is 6. The summed E-state index contributed by atoms with van der Waals surface area (Å²) in [6.07, 6.45) is 4.86. The molecule has 0 aliphatic carbocycles. The second-order valence-electron chi connectivity index (χ2n) is 10.4. The van der Waals surface area contributed by atoms with Crippen LogP contribution < -0.4 is 9.80 Å². The Labute approximate surface area is 234 Å². The largest absolute Gasteiger partial charge is 0.368 e. The van der Waals surface area contributed by atoms with Gasteiger partial charge in [-0.15, -0.1) is 0 Å². The predicted octanol–water partition coefficient (Wildman–Crippen LogP) is 5.25. The maximum absolute atomic E-state index is 13.3. The first-order valence-corrected chi connectivity index (χ1v) is 13.8. The van der Waals surface area contributed by atoms with E-state index in [-0.39, 0.29) is 22.1 Å². The highest BCUT2D eigenvalue weighted by molar-refractivity contribution is 6.02. The summed E-state index contributed by atoms with van der Waals surface area (Å²) in [7, 11) is 0. The van der Waals surface area contributed by atoms with E-state index in [1.165, 1.54) is 0 Å². The van der Waals surface area contributed by atoms with Gasteiger partial charge < -0.3 is 19.3 Å². The van der Waals surface area contributed by atoms with Crippen molar-refractivity contribution in [3.05, 3.63) is 87.2 Å². The number of aromatic nitrogens is 1. The van der Waals surface area contributed by atoms with Crippen LogP contribution in [0.4, 0.5) is 17.1 Å². The number of anilines is 2. The van der Waals surface area contributed by atoms with Crippen molar-refractivity contribution >= 4 is 29.0 Å². The lowest BCUT2D eigenvalue weighted by Crippen LogP contribution is -2.49. The number of amides is 1. The van der Waals surface area contributed by atoms with E-state index in [2.05, 4.69) is 28.0 Å². The van der Waals surface area contributed by atoms with Gasteiger partial charge in [0.05, 0.1) is 10.6 Å². The zero-order chi connectivity index (χ0) is 28.2. The number of carbonyl (C=O) groups excluding carboxylic acids is 1. The number of hydrogen-bond acceptors (Lipinski definition) is 6. The third kappa shape index (κ3) is 5.43. The Balaban J connectivity index is 1.37. The van der Waals surface area contributed by atoms with Gasteiger partial charge >= 0.3 is 0 Å². The van der Waals surface area contributed by atoms with Gasteiger partial charge in [0.2, 0.25) is 0 Å². The van der Waals surface area contributed by atoms with Crippen LogP contribution in [0.15, 0.2) is 60.2 Å². The van der Waals surface area contributed by atoms with Gasteiger partial charge in [-0.3, -0.25) is 14.9 Å². The Morgan fingerprint density at radius 3 is 2.25 bits per heavy atom. The average Bonchev–Trinajstić information content (AvgIpc) is 3.28. The molecule has 9 nitrogen and oxygen atoms in total. The van der Waals surface area contributed by atoms with Gasteiger partial charge in [-0.05, 0) is 75.1 Å². The van der Waals surface area contributed by atoms with Crippen LogP contribution in [-0.4, -0.2) is 59.6 Å². The first kappa shape index (κ1) is 27.0. The fourth-order valence-electron chi connectivity index (χ4n) is 5.80. The van der Waals surface area contributed by atoms with Crippen molar-refractivity contribution < 1.29 is 9.72 Å². The number of nitriles is 1. The molecule has 9 heteroatoms. The highest BCUT2D eigenvalue weighted by Crippen LogP contribution is 2.34. The molecule has 1 amide bonds. The van der Waals surface area contributed by atoms with E-state index < -0.39 is 0 Å². The quantitative estimate of drug-likeness (QED) is 0.184. The predicted molar refractivity (Wildman–Crippen MR) is 157 cm³/mol. The molecule has 1 aromatic heterocycles. The Kier molecular flexibility index (Phi) is 7.87. The highest BCUT2D eigenvalue weighted by atomic mass is 16.6. The highest BCUT2D eigenvalue weighted by Gasteiger charge is 2.25. The first-order valence-electron chi connectivity index (χ1n) is 13.8. The number of rotatable bonds is 6. The summed E-state index contributed by atoms with van der Waals surface area (Å²) in [6, 6.07) is 19.5. The van der Waals surface area contributed by atoms with Gasteiger partial charge in [-0.1, -0.05) is 18.2 Å². The smallest absolute Gasteiger partial charge is 0.294 e. The molecule has 2 aliphatic heterocycles. The van der Waals surface area contributed by atoms with E-state index in [1.807, 2.05) is 54.8 Å². The molecule has 2 aromatic carbocycles. The van der Waals surface area contributed by atoms with E-state index in [0.717, 1.165) is 55.0 Å². The second-order valence-corrected chi connectivity index (χ2v) is 10.4. The van der Waals surface area contributed by atoms with Crippen molar-refractivity contribution in [3.8, 4) is 11.8 Å². The molecule has 0 saturated carbocycles. The Morgan fingerprint density at radius 1 is 0.900 bits per heavy atom. The number of piperidine rings is 1. The van der Waals surface area contributed by atoms with Crippen LogP contribution in [0.25, 0.3) is 11.8 Å². The topological polar surface area (TPSA) is 98.7 Å². The summed E-state index contributed by atoms with van der Waals surface area (Å²) in [5, 5.41) is 21.9. The molecule has 0 unspecified atom stereocenters. The number of carbonyl (C=O) groups is 1. The minimum atomic E-state index is -0.313. The van der Waals surface area contributed by atoms with Crippen molar-refractivity contribution in [2.24, 2.45) is 0 Å². The molecule has 40 heavy (non-hydrogen) atoms. The number of piperazine rings is 1. The molecular weight excluding hydrogens is 504 g/mol. The van der Waals surface area contributed by atoms with Gasteiger partial charge in [0.25, 0.3) is 11.6 Å². The number of nitro groups is 1. The summed E-state index contributed by atoms with van der Waals surface area (Å²) in [4.78, 5) is 31.1. The molecule has 0 spiro atoms. The monoisotopic (exact) mass is 538 g/mol. The Bertz CT molecular complexity index is 1470. The number of hydrogen-bond donors (Lipinski definition) is 0. The Hall–Kier alpha value is -4.58. The van der Waals surface area contributed by atoms with Crippen molar-refractivity contribution in [1.29, 1.82) is 5.26 Å². The lowest BCUT2D eigenvalue weighted by atomic mass is 10.1. The minimum Gasteiger partial charge on any atom is -0.368 e. The molecule has 2 fully saturated rings. The number of aryl methyl sites for hydroxylation is 1. The maximum Gasteiger partial charge on any atom is 0.294 e. The fourth-order valence-corrected chi connectivity index (χ4v) is 5.80. The molecular formula is C31H34N6O3. The fraction of sp³-hybridized carbons (Fsp3) is 0.355. The minimum absolute atomic E-state index is 0.0832. The Morgan fingerprint density at radius 2 is 1.60 bits per heavy atom. The molecule has 3 aromatic rings. The zero-order valence-corrected chi connectivity index (χ0v) is 23.0. The number of nitro benzene ring substituents is 1. The first-order chi connectivity index (χ1) is 19.4. The zero-order valence-electron chi connectivity index (χ0n) is 23.0. The van der Waals surface area contributed by atoms with Gasteiger partial charge in [0, 0.05) is 62.4 Å². The van der Waals surface area contributed by atoms with Crippen LogP contribution in [0.2, 0.25) is 0 Å². The molecule has 5 rings (SSSR count). The van der Waals surface area contributed by atoms with Gasteiger partial charge in [-0.25, -0.2) is 0 Å². The summed E-state index contributed by atoms with van der Waals surface area (Å²) >= 11 is 0. The van der Waals surface area contributed by atoms with Crippen molar-refractivity contribution in [2.75, 3.05) is 49.1 Å². The molecule has 0 bridgehead atoms. The van der Waals surface area contributed by atoms with E-state index >= 15 is 0 Å². The molecule has 206 valence electrons. The van der Waals surface area contributed by atoms with Crippen LogP contribution in [0, 0.1) is 35.3 Å². The summed E-state index contributed by atoms with van der Waals surface area (Å²) < 4.78 is 1.94. The van der Waals surface area contributed by atoms with Crippen LogP contribution in [0.1, 0.15) is 36.2 Å². The van der Waals surface area contributed by atoms with Crippen LogP contribution in [-0.2, 0) is 4.79 Å². The maximum atomic E-state index is 13.3. The van der Waals surface area contributed by atoms with Crippen LogP contribution in [0.5, 0.6) is 0 Å². The lowest BCUT2D eigenvalue weighted by Gasteiger charge is -2.36. The van der Waals surface area contributed by atoms with Crippen LogP contribution >= 0.6 is 0 Å². The molecule has 0 atom stereocenters. The van der Waals surface area contributed by atoms with Crippen LogP contribution in [0.3, 0.4) is 0 Å². The third-order valence-electron chi connectivity index (χ3n) is 7.92. The summed E-state index contributed by atoms with van der Waals surface area (Å²) in [5.41, 5.74) is 5.06. The van der Waals surface area contributed by atoms with Gasteiger partial charge in [0.1, 0.15) is 17.3 Å². The van der Waals surface area contributed by atoms with E-state index in [9.17, 15) is 20.2 Å². The number of benzene rings is 2. The van der Waals surface area contributed by atoms with Gasteiger partial charge in [-0.2, -0.15) is 5.26 Å². The molecule has 0 N–H and O–H groups in total. The summed E-state index contributed by atoms with van der Waals surface area (Å²) in [6.45, 7) is 7.96. The normalized spacial score (nSPS) is 16.1. The third-order valence-corrected chi connectivity index (χ3v) is 7.92. The standard InChI is InChI=1S/C31H34N6O3/c1-23-19-25(20-26(22-32)31(38)35-17-15-33(16-18-35)27-9-5-3-6-10-27)24(2)36(23)28-11-12-29(30(21-28)37(39)40)34-13-7-4-8-14-34/h3,5-6,9-12,19-21H,4,7-8,13-18H2,1-2H3/b26-20-. The van der Waals surface area contributed by atoms with Gasteiger partial charge in [0.15, 0.2) is 0 Å². The lowest BCUT2D eigenvalue weighted by molar-refractivity contribution is -0.384. The summed E-state index contributed by atoms with van der Waals surface area (Å²) in [5.74, 6) is -0.276. The van der Waals surface area contributed by atoms with Crippen molar-refractivity contribution in [3.63, 3.8) is 0 Å². The second kappa shape index (κ2) is 11.7. The van der Waals surface area contributed by atoms with E-state index in [4.69, 9.17) is 0 Å². The van der Waals surface area contributed by atoms with E-state index in [1.54, 1.807) is 17.0 Å². The number of para-hydroxylation sites is 1. The SMILES string of the molecule is Cc1cc(/C=C(/C#N)C(=O)N2CCN(c3ccccc3)CC2)c(C)n1-c1ccc(N2CCCCC2)c([N+](=O)[O-])c1. The van der Waals surface area contributed by atoms with Crippen molar-refractivity contribution in [2.45, 2.75) is 33.1 Å². The molecule has 2 saturated heterocycles. The average molecular weight is 539 g/mol. The molecule has 0 radical (unpaired) electrons. The molecule has 2 aliphatic rings. The molecule has 3 heterocycles. The van der Waals surface area contributed by atoms with Crippen molar-refractivity contribution in [1.82, 2.24) is 9.47 Å².